The Morgan fingerprint density at radius 1 is 1.09 bits per heavy atom. The number of carbonyl (C=O) groups excluding carboxylic acids is 3. The van der Waals surface area contributed by atoms with Crippen LogP contribution in [0, 0.1) is 5.92 Å². The van der Waals surface area contributed by atoms with Crippen molar-refractivity contribution in [3.8, 4) is 0 Å². The van der Waals surface area contributed by atoms with Gasteiger partial charge < -0.3 is 31.8 Å². The number of aliphatic carboxylic acids is 1. The second-order valence-electron chi connectivity index (χ2n) is 8.22. The summed E-state index contributed by atoms with van der Waals surface area (Å²) in [5.41, 5.74) is 7.85. The molecule has 0 spiro atoms. The van der Waals surface area contributed by atoms with Gasteiger partial charge in [-0.05, 0) is 30.4 Å². The first-order chi connectivity index (χ1) is 15.6. The number of amides is 3. The van der Waals surface area contributed by atoms with Gasteiger partial charge in [0.1, 0.15) is 12.1 Å². The van der Waals surface area contributed by atoms with Gasteiger partial charge >= 0.3 is 5.97 Å². The molecule has 0 aliphatic heterocycles. The van der Waals surface area contributed by atoms with Crippen LogP contribution in [0.3, 0.4) is 0 Å². The standard InChI is InChI=1S/C22H31N5O5S/c1-12(2)7-17(21(30)27-18(11-33)22(31)32)26-19(28)10-25-20(29)15(23)8-13-9-24-16-6-4-3-5-14(13)16/h3-6,9,12,15,17-18,24,33H,7-8,10-11,23H2,1-2H3,(H,25,29)(H,26,28)(H,27,30)(H,31,32). The summed E-state index contributed by atoms with van der Waals surface area (Å²) in [5, 5.41) is 17.5. The van der Waals surface area contributed by atoms with E-state index in [0.717, 1.165) is 16.5 Å². The van der Waals surface area contributed by atoms with E-state index in [9.17, 15) is 19.2 Å². The first kappa shape index (κ1) is 26.2. The summed E-state index contributed by atoms with van der Waals surface area (Å²) in [5.74, 6) is -2.96. The van der Waals surface area contributed by atoms with E-state index in [1.807, 2.05) is 38.1 Å². The number of aromatic nitrogens is 1. The average Bonchev–Trinajstić information content (AvgIpc) is 3.17. The summed E-state index contributed by atoms with van der Waals surface area (Å²) in [6, 6.07) is 4.67. The number of hydrogen-bond donors (Lipinski definition) is 7. The van der Waals surface area contributed by atoms with Crippen molar-refractivity contribution in [2.75, 3.05) is 12.3 Å². The van der Waals surface area contributed by atoms with Gasteiger partial charge in [-0.25, -0.2) is 4.79 Å². The minimum absolute atomic E-state index is 0.0551. The molecule has 33 heavy (non-hydrogen) atoms. The quantitative estimate of drug-likeness (QED) is 0.215. The third kappa shape index (κ3) is 7.79. The Morgan fingerprint density at radius 3 is 2.42 bits per heavy atom. The number of aromatic amines is 1. The topological polar surface area (TPSA) is 166 Å². The van der Waals surface area contributed by atoms with E-state index in [2.05, 4.69) is 33.6 Å². The lowest BCUT2D eigenvalue weighted by Crippen LogP contribution is -2.54. The molecule has 3 unspecified atom stereocenters. The van der Waals surface area contributed by atoms with Crippen LogP contribution in [-0.4, -0.2) is 64.2 Å². The van der Waals surface area contributed by atoms with Crippen molar-refractivity contribution in [1.82, 2.24) is 20.9 Å². The van der Waals surface area contributed by atoms with Gasteiger partial charge in [-0.15, -0.1) is 0 Å². The van der Waals surface area contributed by atoms with Crippen molar-refractivity contribution in [3.05, 3.63) is 36.0 Å². The van der Waals surface area contributed by atoms with Gasteiger partial charge in [0.25, 0.3) is 0 Å². The van der Waals surface area contributed by atoms with Crippen molar-refractivity contribution in [2.24, 2.45) is 11.7 Å². The molecule has 1 heterocycles. The average molecular weight is 478 g/mol. The largest absolute Gasteiger partial charge is 0.480 e. The molecule has 0 aliphatic carbocycles. The number of carbonyl (C=O) groups is 4. The second kappa shape index (κ2) is 12.3. The normalized spacial score (nSPS) is 13.8. The van der Waals surface area contributed by atoms with Gasteiger partial charge in [0.15, 0.2) is 0 Å². The zero-order valence-electron chi connectivity index (χ0n) is 18.6. The number of H-pyrrole nitrogens is 1. The van der Waals surface area contributed by atoms with Crippen LogP contribution in [0.15, 0.2) is 30.5 Å². The highest BCUT2D eigenvalue weighted by atomic mass is 32.1. The number of benzene rings is 1. The molecule has 11 heteroatoms. The van der Waals surface area contributed by atoms with E-state index in [-0.39, 0.29) is 24.6 Å². The Bertz CT molecular complexity index is 992. The molecular weight excluding hydrogens is 446 g/mol. The molecule has 10 nitrogen and oxygen atoms in total. The summed E-state index contributed by atoms with van der Waals surface area (Å²) < 4.78 is 0. The molecule has 180 valence electrons. The summed E-state index contributed by atoms with van der Waals surface area (Å²) in [7, 11) is 0. The predicted octanol–water partition coefficient (Wildman–Crippen LogP) is 0.184. The molecule has 7 N–H and O–H groups in total. The highest BCUT2D eigenvalue weighted by Crippen LogP contribution is 2.18. The van der Waals surface area contributed by atoms with E-state index in [0.29, 0.717) is 6.42 Å². The Hall–Kier alpha value is -3.05. The zero-order chi connectivity index (χ0) is 24.5. The van der Waals surface area contributed by atoms with Crippen molar-refractivity contribution in [3.63, 3.8) is 0 Å². The number of fused-ring (bicyclic) bond motifs is 1. The van der Waals surface area contributed by atoms with Crippen molar-refractivity contribution in [1.29, 1.82) is 0 Å². The fraction of sp³-hybridized carbons (Fsp3) is 0.455. The molecule has 3 atom stereocenters. The first-order valence-electron chi connectivity index (χ1n) is 10.6. The number of thiol groups is 1. The molecule has 3 amide bonds. The molecule has 2 aromatic rings. The fourth-order valence-electron chi connectivity index (χ4n) is 3.33. The molecule has 0 bridgehead atoms. The van der Waals surface area contributed by atoms with E-state index in [1.165, 1.54) is 0 Å². The zero-order valence-corrected chi connectivity index (χ0v) is 19.5. The Labute approximate surface area is 197 Å². The maximum atomic E-state index is 12.5. The number of hydrogen-bond acceptors (Lipinski definition) is 6. The molecule has 0 radical (unpaired) electrons. The molecule has 2 rings (SSSR count). The third-order valence-corrected chi connectivity index (χ3v) is 5.40. The van der Waals surface area contributed by atoms with Gasteiger partial charge in [0, 0.05) is 22.9 Å². The van der Waals surface area contributed by atoms with E-state index in [4.69, 9.17) is 10.8 Å². The maximum absolute atomic E-state index is 12.5. The van der Waals surface area contributed by atoms with Gasteiger partial charge in [0.05, 0.1) is 12.6 Å². The maximum Gasteiger partial charge on any atom is 0.327 e. The number of nitrogens with one attached hydrogen (secondary N) is 4. The van der Waals surface area contributed by atoms with Crippen LogP contribution in [-0.2, 0) is 25.6 Å². The SMILES string of the molecule is CC(C)CC(NC(=O)CNC(=O)C(N)Cc1c[nH]c2ccccc12)C(=O)NC(CS)C(=O)O. The number of carboxylic acids is 1. The Morgan fingerprint density at radius 2 is 1.79 bits per heavy atom. The van der Waals surface area contributed by atoms with Crippen LogP contribution < -0.4 is 21.7 Å². The molecule has 0 fully saturated rings. The number of nitrogens with two attached hydrogens (primary N) is 1. The summed E-state index contributed by atoms with van der Waals surface area (Å²) in [6.45, 7) is 3.37. The van der Waals surface area contributed by atoms with Gasteiger partial charge in [-0.2, -0.15) is 12.6 Å². The predicted molar refractivity (Wildman–Crippen MR) is 128 cm³/mol. The molecule has 1 aromatic carbocycles. The second-order valence-corrected chi connectivity index (χ2v) is 8.58. The van der Waals surface area contributed by atoms with Crippen LogP contribution >= 0.6 is 12.6 Å². The molecule has 1 aromatic heterocycles. The van der Waals surface area contributed by atoms with Gasteiger partial charge in [-0.3, -0.25) is 14.4 Å². The highest BCUT2D eigenvalue weighted by Gasteiger charge is 2.27. The van der Waals surface area contributed by atoms with Crippen molar-refractivity contribution in [2.45, 2.75) is 44.8 Å². The lowest BCUT2D eigenvalue weighted by atomic mass is 10.0. The minimum atomic E-state index is -1.22. The van der Waals surface area contributed by atoms with Gasteiger partial charge in [-0.1, -0.05) is 32.0 Å². The minimum Gasteiger partial charge on any atom is -0.480 e. The summed E-state index contributed by atoms with van der Waals surface area (Å²) in [6.07, 6.45) is 2.38. The molecule has 0 saturated carbocycles. The van der Waals surface area contributed by atoms with Crippen LogP contribution in [0.4, 0.5) is 0 Å². The van der Waals surface area contributed by atoms with Crippen LogP contribution in [0.5, 0.6) is 0 Å². The van der Waals surface area contributed by atoms with E-state index >= 15 is 0 Å². The summed E-state index contributed by atoms with van der Waals surface area (Å²) >= 11 is 3.92. The van der Waals surface area contributed by atoms with Crippen LogP contribution in [0.2, 0.25) is 0 Å². The van der Waals surface area contributed by atoms with E-state index in [1.54, 1.807) is 6.20 Å². The Kier molecular flexibility index (Phi) is 9.74. The third-order valence-electron chi connectivity index (χ3n) is 5.03. The lowest BCUT2D eigenvalue weighted by molar-refractivity contribution is -0.141. The molecule has 0 saturated heterocycles. The first-order valence-corrected chi connectivity index (χ1v) is 11.3. The van der Waals surface area contributed by atoms with Crippen molar-refractivity contribution < 1.29 is 24.3 Å². The number of carboxylic acid groups (broad SMARTS) is 1. The van der Waals surface area contributed by atoms with Crippen LogP contribution in [0.25, 0.3) is 10.9 Å². The van der Waals surface area contributed by atoms with Gasteiger partial charge in [0.2, 0.25) is 17.7 Å². The number of para-hydroxylation sites is 1. The van der Waals surface area contributed by atoms with Crippen LogP contribution in [0.1, 0.15) is 25.8 Å². The van der Waals surface area contributed by atoms with E-state index < -0.39 is 41.8 Å². The fourth-order valence-corrected chi connectivity index (χ4v) is 3.58. The lowest BCUT2D eigenvalue weighted by Gasteiger charge is -2.22. The molecular formula is C22H31N5O5S. The monoisotopic (exact) mass is 477 g/mol. The van der Waals surface area contributed by atoms with Crippen molar-refractivity contribution >= 4 is 47.2 Å². The highest BCUT2D eigenvalue weighted by molar-refractivity contribution is 7.80. The number of rotatable bonds is 12. The molecule has 0 aliphatic rings. The smallest absolute Gasteiger partial charge is 0.327 e. The Balaban J connectivity index is 1.90. The summed E-state index contributed by atoms with van der Waals surface area (Å²) in [4.78, 5) is 51.5.